The van der Waals surface area contributed by atoms with Gasteiger partial charge in [0.2, 0.25) is 11.8 Å². The van der Waals surface area contributed by atoms with Crippen molar-refractivity contribution >= 4 is 11.8 Å². The quantitative estimate of drug-likeness (QED) is 0.760. The predicted molar refractivity (Wildman–Crippen MR) is 116 cm³/mol. The molecule has 29 heavy (non-hydrogen) atoms. The normalized spacial score (nSPS) is 20.1. The van der Waals surface area contributed by atoms with Crippen LogP contribution in [0, 0.1) is 5.92 Å². The van der Waals surface area contributed by atoms with E-state index in [9.17, 15) is 9.59 Å². The molecule has 2 aliphatic heterocycles. The van der Waals surface area contributed by atoms with Gasteiger partial charge in [0.25, 0.3) is 0 Å². The van der Waals surface area contributed by atoms with Gasteiger partial charge >= 0.3 is 0 Å². The second kappa shape index (κ2) is 11.3. The van der Waals surface area contributed by atoms with Crippen LogP contribution in [-0.2, 0) is 9.59 Å². The lowest BCUT2D eigenvalue weighted by molar-refractivity contribution is -0.137. The summed E-state index contributed by atoms with van der Waals surface area (Å²) in [6, 6.07) is 10.3. The zero-order chi connectivity index (χ0) is 20.5. The van der Waals surface area contributed by atoms with Crippen LogP contribution in [0.5, 0.6) is 0 Å². The highest BCUT2D eigenvalue weighted by atomic mass is 16.2. The summed E-state index contributed by atoms with van der Waals surface area (Å²) < 4.78 is 0. The fourth-order valence-electron chi connectivity index (χ4n) is 4.63. The van der Waals surface area contributed by atoms with E-state index in [4.69, 9.17) is 0 Å². The zero-order valence-corrected chi connectivity index (χ0v) is 17.9. The minimum absolute atomic E-state index is 0.0795. The Bertz CT molecular complexity index is 633. The van der Waals surface area contributed by atoms with Crippen LogP contribution in [0.1, 0.15) is 69.9 Å². The van der Waals surface area contributed by atoms with Crippen molar-refractivity contribution in [1.82, 2.24) is 15.1 Å². The summed E-state index contributed by atoms with van der Waals surface area (Å²) in [5, 5.41) is 3.22. The third-order valence-electron chi connectivity index (χ3n) is 6.34. The van der Waals surface area contributed by atoms with E-state index in [-0.39, 0.29) is 17.9 Å². The molecule has 0 saturated carbocycles. The fourth-order valence-corrected chi connectivity index (χ4v) is 4.63. The summed E-state index contributed by atoms with van der Waals surface area (Å²) in [4.78, 5) is 29.8. The summed E-state index contributed by atoms with van der Waals surface area (Å²) >= 11 is 0. The van der Waals surface area contributed by atoms with Crippen LogP contribution in [0.15, 0.2) is 30.3 Å². The Kier molecular flexibility index (Phi) is 8.53. The number of amides is 2. The van der Waals surface area contributed by atoms with E-state index in [1.807, 2.05) is 18.2 Å². The Hall–Kier alpha value is -1.88. The van der Waals surface area contributed by atoms with Crippen LogP contribution in [0.4, 0.5) is 0 Å². The molecule has 5 heteroatoms. The van der Waals surface area contributed by atoms with Crippen LogP contribution in [-0.4, -0.2) is 54.3 Å². The van der Waals surface area contributed by atoms with Crippen LogP contribution in [0.3, 0.4) is 0 Å². The van der Waals surface area contributed by atoms with Crippen molar-refractivity contribution in [3.8, 4) is 0 Å². The van der Waals surface area contributed by atoms with Crippen LogP contribution < -0.4 is 5.32 Å². The standard InChI is InChI=1S/C24H37N3O2/c1-2-10-22(20-11-6-5-7-12-20)25-23(28)19-26-17-13-21(14-18-26)24(29)27-15-8-3-4-9-16-27/h5-7,11-12,21-22H,2-4,8-10,13-19H2,1H3,(H,25,28). The first-order valence-electron chi connectivity index (χ1n) is 11.5. The largest absolute Gasteiger partial charge is 0.348 e. The van der Waals surface area contributed by atoms with Gasteiger partial charge in [-0.05, 0) is 50.8 Å². The highest BCUT2D eigenvalue weighted by Gasteiger charge is 2.29. The average molecular weight is 400 g/mol. The number of hydrogen-bond acceptors (Lipinski definition) is 3. The SMILES string of the molecule is CCCC(NC(=O)CN1CCC(C(=O)N2CCCCCC2)CC1)c1ccccc1. The highest BCUT2D eigenvalue weighted by Crippen LogP contribution is 2.22. The van der Waals surface area contributed by atoms with Gasteiger partial charge in [-0.1, -0.05) is 56.5 Å². The molecule has 1 unspecified atom stereocenters. The lowest BCUT2D eigenvalue weighted by Crippen LogP contribution is -2.46. The number of carbonyl (C=O) groups is 2. The van der Waals surface area contributed by atoms with Gasteiger partial charge in [-0.3, -0.25) is 14.5 Å². The minimum Gasteiger partial charge on any atom is -0.348 e. The molecule has 1 atom stereocenters. The van der Waals surface area contributed by atoms with Crippen molar-refractivity contribution in [2.24, 2.45) is 5.92 Å². The van der Waals surface area contributed by atoms with E-state index >= 15 is 0 Å². The summed E-state index contributed by atoms with van der Waals surface area (Å²) in [6.45, 7) is 6.11. The molecule has 2 saturated heterocycles. The molecule has 0 aliphatic carbocycles. The minimum atomic E-state index is 0.0795. The molecule has 5 nitrogen and oxygen atoms in total. The molecule has 2 aliphatic rings. The molecule has 1 aromatic rings. The Balaban J connectivity index is 1.44. The lowest BCUT2D eigenvalue weighted by Gasteiger charge is -2.34. The highest BCUT2D eigenvalue weighted by molar-refractivity contribution is 5.80. The van der Waals surface area contributed by atoms with Crippen molar-refractivity contribution < 1.29 is 9.59 Å². The first kappa shape index (κ1) is 21.8. The molecule has 0 aromatic heterocycles. The zero-order valence-electron chi connectivity index (χ0n) is 17.9. The Morgan fingerprint density at radius 2 is 1.66 bits per heavy atom. The van der Waals surface area contributed by atoms with Crippen molar-refractivity contribution in [2.75, 3.05) is 32.7 Å². The molecule has 2 heterocycles. The number of piperidine rings is 1. The van der Waals surface area contributed by atoms with Crippen LogP contribution in [0.25, 0.3) is 0 Å². The summed E-state index contributed by atoms with van der Waals surface area (Å²) in [5.74, 6) is 0.581. The van der Waals surface area contributed by atoms with Gasteiger partial charge in [-0.2, -0.15) is 0 Å². The number of nitrogens with zero attached hydrogens (tertiary/aromatic N) is 2. The van der Waals surface area contributed by atoms with Gasteiger partial charge in [-0.25, -0.2) is 0 Å². The van der Waals surface area contributed by atoms with Gasteiger partial charge in [0.05, 0.1) is 12.6 Å². The first-order chi connectivity index (χ1) is 14.2. The van der Waals surface area contributed by atoms with Crippen LogP contribution >= 0.6 is 0 Å². The van der Waals surface area contributed by atoms with E-state index in [2.05, 4.69) is 34.2 Å². The first-order valence-corrected chi connectivity index (χ1v) is 11.5. The number of benzene rings is 1. The molecule has 2 amide bonds. The van der Waals surface area contributed by atoms with Crippen molar-refractivity contribution in [3.63, 3.8) is 0 Å². The van der Waals surface area contributed by atoms with E-state index < -0.39 is 0 Å². The second-order valence-corrected chi connectivity index (χ2v) is 8.61. The Labute approximate surface area is 175 Å². The monoisotopic (exact) mass is 399 g/mol. The summed E-state index contributed by atoms with van der Waals surface area (Å²) in [5.41, 5.74) is 1.17. The maximum Gasteiger partial charge on any atom is 0.234 e. The summed E-state index contributed by atoms with van der Waals surface area (Å²) in [7, 11) is 0. The van der Waals surface area contributed by atoms with Gasteiger partial charge in [0, 0.05) is 19.0 Å². The van der Waals surface area contributed by atoms with E-state index in [0.717, 1.165) is 64.7 Å². The number of likely N-dealkylation sites (tertiary alicyclic amines) is 2. The molecule has 2 fully saturated rings. The lowest BCUT2D eigenvalue weighted by atomic mass is 9.95. The van der Waals surface area contributed by atoms with Gasteiger partial charge in [0.1, 0.15) is 0 Å². The van der Waals surface area contributed by atoms with Crippen LogP contribution in [0.2, 0.25) is 0 Å². The van der Waals surface area contributed by atoms with E-state index in [1.165, 1.54) is 18.4 Å². The van der Waals surface area contributed by atoms with E-state index in [1.54, 1.807) is 0 Å². The number of rotatable bonds is 7. The molecular weight excluding hydrogens is 362 g/mol. The number of nitrogens with one attached hydrogen (secondary N) is 1. The van der Waals surface area contributed by atoms with Gasteiger partial charge in [0.15, 0.2) is 0 Å². The van der Waals surface area contributed by atoms with Gasteiger partial charge < -0.3 is 10.2 Å². The third-order valence-corrected chi connectivity index (χ3v) is 6.34. The third kappa shape index (κ3) is 6.56. The van der Waals surface area contributed by atoms with Crippen molar-refractivity contribution in [1.29, 1.82) is 0 Å². The fraction of sp³-hybridized carbons (Fsp3) is 0.667. The molecule has 0 radical (unpaired) electrons. The Morgan fingerprint density at radius 1 is 1.00 bits per heavy atom. The molecule has 0 spiro atoms. The Morgan fingerprint density at radius 3 is 2.28 bits per heavy atom. The molecule has 3 rings (SSSR count). The smallest absolute Gasteiger partial charge is 0.234 e. The van der Waals surface area contributed by atoms with Gasteiger partial charge in [-0.15, -0.1) is 0 Å². The molecule has 160 valence electrons. The predicted octanol–water partition coefficient (Wildman–Crippen LogP) is 3.76. The summed E-state index contributed by atoms with van der Waals surface area (Å²) in [6.07, 6.45) is 8.51. The molecule has 0 bridgehead atoms. The molecular formula is C24H37N3O2. The maximum absolute atomic E-state index is 12.8. The topological polar surface area (TPSA) is 52.7 Å². The van der Waals surface area contributed by atoms with E-state index in [0.29, 0.717) is 12.5 Å². The number of hydrogen-bond donors (Lipinski definition) is 1. The average Bonchev–Trinajstić information content (AvgIpc) is 3.04. The second-order valence-electron chi connectivity index (χ2n) is 8.61. The molecule has 1 N–H and O–H groups in total. The maximum atomic E-state index is 12.8. The van der Waals surface area contributed by atoms with Crippen molar-refractivity contribution in [2.45, 2.75) is 64.3 Å². The number of carbonyl (C=O) groups excluding carboxylic acids is 2. The molecule has 1 aromatic carbocycles. The van der Waals surface area contributed by atoms with Crippen molar-refractivity contribution in [3.05, 3.63) is 35.9 Å².